The van der Waals surface area contributed by atoms with Crippen molar-refractivity contribution in [3.8, 4) is 0 Å². The number of hydrogen-bond acceptors (Lipinski definition) is 4. The van der Waals surface area contributed by atoms with E-state index in [9.17, 15) is 22.8 Å². The summed E-state index contributed by atoms with van der Waals surface area (Å²) >= 11 is 0. The number of rotatable bonds is 2. The van der Waals surface area contributed by atoms with E-state index in [4.69, 9.17) is 0 Å². The van der Waals surface area contributed by atoms with Gasteiger partial charge in [0.05, 0.1) is 18.2 Å². The summed E-state index contributed by atoms with van der Waals surface area (Å²) < 4.78 is 39.1. The SMILES string of the molecule is CC1C(=O)N(Cc2nccnc2C(F)(F)F)C(=O)c2ccccc21. The van der Waals surface area contributed by atoms with E-state index in [2.05, 4.69) is 9.97 Å². The van der Waals surface area contributed by atoms with Crippen LogP contribution in [-0.4, -0.2) is 26.7 Å². The molecule has 1 aliphatic heterocycles. The van der Waals surface area contributed by atoms with Gasteiger partial charge >= 0.3 is 6.18 Å². The summed E-state index contributed by atoms with van der Waals surface area (Å²) in [6, 6.07) is 6.56. The van der Waals surface area contributed by atoms with E-state index in [-0.39, 0.29) is 0 Å². The normalized spacial score (nSPS) is 17.8. The summed E-state index contributed by atoms with van der Waals surface area (Å²) in [4.78, 5) is 32.7. The van der Waals surface area contributed by atoms with Crippen molar-refractivity contribution in [2.75, 3.05) is 0 Å². The Kier molecular flexibility index (Phi) is 3.82. The quantitative estimate of drug-likeness (QED) is 0.792. The van der Waals surface area contributed by atoms with Crippen molar-refractivity contribution in [3.05, 3.63) is 59.2 Å². The molecule has 3 rings (SSSR count). The zero-order valence-electron chi connectivity index (χ0n) is 12.5. The lowest BCUT2D eigenvalue weighted by Gasteiger charge is -2.30. The second kappa shape index (κ2) is 5.70. The highest BCUT2D eigenvalue weighted by molar-refractivity contribution is 6.11. The van der Waals surface area contributed by atoms with E-state index < -0.39 is 41.8 Å². The molecular weight excluding hydrogens is 323 g/mol. The van der Waals surface area contributed by atoms with Crippen LogP contribution >= 0.6 is 0 Å². The van der Waals surface area contributed by atoms with Gasteiger partial charge in [0.25, 0.3) is 5.91 Å². The van der Waals surface area contributed by atoms with Gasteiger partial charge in [0.1, 0.15) is 0 Å². The Labute approximate surface area is 135 Å². The molecule has 0 radical (unpaired) electrons. The Bertz CT molecular complexity index is 820. The van der Waals surface area contributed by atoms with Gasteiger partial charge in [-0.15, -0.1) is 0 Å². The van der Waals surface area contributed by atoms with Gasteiger partial charge in [-0.2, -0.15) is 13.2 Å². The number of nitrogens with zero attached hydrogens (tertiary/aromatic N) is 3. The molecule has 2 heterocycles. The smallest absolute Gasteiger partial charge is 0.274 e. The first-order valence-electron chi connectivity index (χ1n) is 7.12. The molecule has 0 N–H and O–H groups in total. The van der Waals surface area contributed by atoms with E-state index in [1.54, 1.807) is 31.2 Å². The fourth-order valence-electron chi connectivity index (χ4n) is 2.70. The van der Waals surface area contributed by atoms with Gasteiger partial charge < -0.3 is 0 Å². The van der Waals surface area contributed by atoms with Gasteiger partial charge in [0.2, 0.25) is 5.91 Å². The summed E-state index contributed by atoms with van der Waals surface area (Å²) in [6.07, 6.45) is -2.69. The Morgan fingerprint density at radius 3 is 2.50 bits per heavy atom. The molecule has 124 valence electrons. The zero-order chi connectivity index (χ0) is 17.5. The molecule has 1 aromatic carbocycles. The highest BCUT2D eigenvalue weighted by atomic mass is 19.4. The molecular formula is C16H12F3N3O2. The number of imide groups is 1. The number of alkyl halides is 3. The Morgan fingerprint density at radius 2 is 1.79 bits per heavy atom. The van der Waals surface area contributed by atoms with Crippen molar-refractivity contribution in [1.29, 1.82) is 0 Å². The maximum Gasteiger partial charge on any atom is 0.435 e. The first kappa shape index (κ1) is 16.1. The summed E-state index contributed by atoms with van der Waals surface area (Å²) in [6.45, 7) is 1.04. The average Bonchev–Trinajstić information content (AvgIpc) is 2.56. The highest BCUT2D eigenvalue weighted by Gasteiger charge is 2.40. The fraction of sp³-hybridized carbons (Fsp3) is 0.250. The third kappa shape index (κ3) is 2.64. The number of halogens is 3. The van der Waals surface area contributed by atoms with Crippen molar-refractivity contribution in [2.24, 2.45) is 0 Å². The van der Waals surface area contributed by atoms with Crippen molar-refractivity contribution >= 4 is 11.8 Å². The van der Waals surface area contributed by atoms with Crippen LogP contribution in [0.15, 0.2) is 36.7 Å². The summed E-state index contributed by atoms with van der Waals surface area (Å²) in [5.74, 6) is -1.81. The van der Waals surface area contributed by atoms with Gasteiger partial charge in [0, 0.05) is 18.0 Å². The maximum absolute atomic E-state index is 13.0. The predicted octanol–water partition coefficient (Wildman–Crippen LogP) is 2.78. The molecule has 0 saturated carbocycles. The van der Waals surface area contributed by atoms with Crippen LogP contribution in [0, 0.1) is 0 Å². The highest BCUT2D eigenvalue weighted by Crippen LogP contribution is 2.33. The van der Waals surface area contributed by atoms with Gasteiger partial charge in [0.15, 0.2) is 5.69 Å². The van der Waals surface area contributed by atoms with Crippen LogP contribution in [-0.2, 0) is 17.5 Å². The van der Waals surface area contributed by atoms with Crippen molar-refractivity contribution in [1.82, 2.24) is 14.9 Å². The molecule has 0 spiro atoms. The monoisotopic (exact) mass is 335 g/mol. The lowest BCUT2D eigenvalue weighted by molar-refractivity contribution is -0.143. The molecule has 2 aromatic rings. The Morgan fingerprint density at radius 1 is 1.12 bits per heavy atom. The lowest BCUT2D eigenvalue weighted by Crippen LogP contribution is -2.44. The molecule has 0 aliphatic carbocycles. The minimum atomic E-state index is -4.71. The molecule has 0 bridgehead atoms. The van der Waals surface area contributed by atoms with Crippen LogP contribution < -0.4 is 0 Å². The van der Waals surface area contributed by atoms with Crippen molar-refractivity contribution in [2.45, 2.75) is 25.6 Å². The van der Waals surface area contributed by atoms with E-state index in [1.807, 2.05) is 0 Å². The summed E-state index contributed by atoms with van der Waals surface area (Å²) in [5, 5.41) is 0. The number of carbonyl (C=O) groups is 2. The van der Waals surface area contributed by atoms with E-state index in [0.717, 1.165) is 17.3 Å². The third-order valence-corrected chi connectivity index (χ3v) is 3.89. The Hall–Kier alpha value is -2.77. The molecule has 0 fully saturated rings. The minimum absolute atomic E-state index is 0.307. The molecule has 0 saturated heterocycles. The number of benzene rings is 1. The molecule has 1 unspecified atom stereocenters. The number of aromatic nitrogens is 2. The van der Waals surface area contributed by atoms with E-state index >= 15 is 0 Å². The van der Waals surface area contributed by atoms with Crippen LogP contribution in [0.3, 0.4) is 0 Å². The molecule has 1 aromatic heterocycles. The summed E-state index contributed by atoms with van der Waals surface area (Å²) in [7, 11) is 0. The van der Waals surface area contributed by atoms with Gasteiger partial charge in [-0.1, -0.05) is 18.2 Å². The first-order valence-corrected chi connectivity index (χ1v) is 7.12. The fourth-order valence-corrected chi connectivity index (χ4v) is 2.70. The molecule has 1 atom stereocenters. The van der Waals surface area contributed by atoms with Crippen molar-refractivity contribution < 1.29 is 22.8 Å². The number of amides is 2. The number of hydrogen-bond donors (Lipinski definition) is 0. The van der Waals surface area contributed by atoms with Crippen LogP contribution in [0.5, 0.6) is 0 Å². The van der Waals surface area contributed by atoms with E-state index in [0.29, 0.717) is 11.1 Å². The van der Waals surface area contributed by atoms with Gasteiger partial charge in [-0.3, -0.25) is 19.5 Å². The maximum atomic E-state index is 13.0. The third-order valence-electron chi connectivity index (χ3n) is 3.89. The Balaban J connectivity index is 2.00. The van der Waals surface area contributed by atoms with Crippen molar-refractivity contribution in [3.63, 3.8) is 0 Å². The topological polar surface area (TPSA) is 63.2 Å². The minimum Gasteiger partial charge on any atom is -0.274 e. The van der Waals surface area contributed by atoms with Gasteiger partial charge in [-0.05, 0) is 18.6 Å². The second-order valence-corrected chi connectivity index (χ2v) is 5.39. The first-order chi connectivity index (χ1) is 11.3. The summed E-state index contributed by atoms with van der Waals surface area (Å²) in [5.41, 5.74) is -0.781. The second-order valence-electron chi connectivity index (χ2n) is 5.39. The zero-order valence-corrected chi connectivity index (χ0v) is 12.5. The lowest BCUT2D eigenvalue weighted by atomic mass is 9.90. The van der Waals surface area contributed by atoms with E-state index in [1.165, 1.54) is 0 Å². The molecule has 1 aliphatic rings. The van der Waals surface area contributed by atoms with Gasteiger partial charge in [-0.25, -0.2) is 4.98 Å². The number of fused-ring (bicyclic) bond motifs is 1. The average molecular weight is 335 g/mol. The van der Waals surface area contributed by atoms with Crippen LogP contribution in [0.2, 0.25) is 0 Å². The number of carbonyl (C=O) groups excluding carboxylic acids is 2. The van der Waals surface area contributed by atoms with Crippen LogP contribution in [0.4, 0.5) is 13.2 Å². The predicted molar refractivity (Wildman–Crippen MR) is 76.8 cm³/mol. The van der Waals surface area contributed by atoms with Crippen LogP contribution in [0.1, 0.15) is 40.2 Å². The molecule has 5 nitrogen and oxygen atoms in total. The van der Waals surface area contributed by atoms with Crippen LogP contribution in [0.25, 0.3) is 0 Å². The standard InChI is InChI=1S/C16H12F3N3O2/c1-9-10-4-2-3-5-11(10)15(24)22(14(9)23)8-12-13(16(17,18)19)21-7-6-20-12/h2-7,9H,8H2,1H3. The molecule has 2 amide bonds. The molecule has 24 heavy (non-hydrogen) atoms. The largest absolute Gasteiger partial charge is 0.435 e. The molecule has 8 heteroatoms.